The van der Waals surface area contributed by atoms with Crippen LogP contribution in [0.4, 0.5) is 4.79 Å². The van der Waals surface area contributed by atoms with Crippen LogP contribution in [-0.2, 0) is 6.54 Å². The zero-order valence-electron chi connectivity index (χ0n) is 10.0. The minimum absolute atomic E-state index is 0.0112. The second-order valence-electron chi connectivity index (χ2n) is 4.19. The number of Topliss-reactive ketones (excluding diaryl/α,β-unsaturated/α-hetero) is 1. The van der Waals surface area contributed by atoms with Crippen LogP contribution in [0.15, 0.2) is 41.6 Å². The van der Waals surface area contributed by atoms with Gasteiger partial charge in [0.2, 0.25) is 0 Å². The molecule has 18 heavy (non-hydrogen) atoms. The molecule has 0 saturated carbocycles. The van der Waals surface area contributed by atoms with Crippen LogP contribution in [0.3, 0.4) is 0 Å². The molecule has 0 aromatic heterocycles. The average molecular weight is 244 g/mol. The van der Waals surface area contributed by atoms with E-state index in [0.717, 1.165) is 5.56 Å². The van der Waals surface area contributed by atoms with Gasteiger partial charge in [0.1, 0.15) is 12.7 Å². The molecule has 0 spiro atoms. The van der Waals surface area contributed by atoms with E-state index in [2.05, 4.69) is 5.10 Å². The summed E-state index contributed by atoms with van der Waals surface area (Å²) in [6.45, 7) is 1.81. The molecular formula is C13H14N3O2+. The van der Waals surface area contributed by atoms with Crippen molar-refractivity contribution < 1.29 is 14.2 Å². The lowest BCUT2D eigenvalue weighted by molar-refractivity contribution is -0.815. The molecule has 1 heterocycles. The molecule has 92 valence electrons. The van der Waals surface area contributed by atoms with E-state index in [1.54, 1.807) is 36.7 Å². The average Bonchev–Trinajstić information content (AvgIpc) is 2.79. The van der Waals surface area contributed by atoms with Gasteiger partial charge in [0.25, 0.3) is 0 Å². The van der Waals surface area contributed by atoms with Crippen LogP contribution in [0.2, 0.25) is 0 Å². The number of allylic oxidation sites excluding steroid dienone is 1. The van der Waals surface area contributed by atoms with Gasteiger partial charge in [-0.1, -0.05) is 27.9 Å². The molecule has 0 fully saturated rings. The van der Waals surface area contributed by atoms with E-state index in [1.807, 2.05) is 6.07 Å². The number of benzene rings is 1. The van der Waals surface area contributed by atoms with E-state index in [4.69, 9.17) is 5.73 Å². The summed E-state index contributed by atoms with van der Waals surface area (Å²) < 4.78 is -0.290. The first-order chi connectivity index (χ1) is 8.53. The van der Waals surface area contributed by atoms with E-state index < -0.39 is 6.03 Å². The highest BCUT2D eigenvalue weighted by Crippen LogP contribution is 2.20. The number of carbonyl (C=O) groups excluding carboxylic acids is 2. The summed E-state index contributed by atoms with van der Waals surface area (Å²) in [4.78, 5) is 22.8. The second-order valence-corrected chi connectivity index (χ2v) is 4.19. The summed E-state index contributed by atoms with van der Waals surface area (Å²) in [5, 5.41) is 4.08. The van der Waals surface area contributed by atoms with Crippen molar-refractivity contribution in [3.8, 4) is 0 Å². The lowest BCUT2D eigenvalue weighted by Gasteiger charge is -2.20. The van der Waals surface area contributed by atoms with Gasteiger partial charge in [-0.25, -0.2) is 4.79 Å². The van der Waals surface area contributed by atoms with Crippen molar-refractivity contribution in [2.75, 3.05) is 0 Å². The number of quaternary nitrogens is 1. The van der Waals surface area contributed by atoms with Gasteiger partial charge in [0, 0.05) is 17.2 Å². The molecule has 0 radical (unpaired) electrons. The van der Waals surface area contributed by atoms with Crippen molar-refractivity contribution >= 4 is 18.0 Å². The third kappa shape index (κ3) is 2.21. The normalized spacial score (nSPS) is 21.2. The summed E-state index contributed by atoms with van der Waals surface area (Å²) >= 11 is 0. The molecule has 1 aliphatic heterocycles. The number of ketones is 1. The first-order valence-electron chi connectivity index (χ1n) is 5.54. The summed E-state index contributed by atoms with van der Waals surface area (Å²) in [7, 11) is 0. The number of primary amides is 1. The Morgan fingerprint density at radius 2 is 2.17 bits per heavy atom. The van der Waals surface area contributed by atoms with Gasteiger partial charge in [-0.15, -0.1) is 0 Å². The molecule has 2 amide bonds. The fourth-order valence-corrected chi connectivity index (χ4v) is 1.85. The standard InChI is InChI=1S/C13H13N3O2/c1-10(17)12-5-2-4-11(8-12)9-16(13(14)18)7-3-6-15-16/h2-8H,9H2,1H3,(H-,14,18)/p+1. The highest BCUT2D eigenvalue weighted by atomic mass is 16.2. The van der Waals surface area contributed by atoms with E-state index >= 15 is 0 Å². The fourth-order valence-electron chi connectivity index (χ4n) is 1.85. The van der Waals surface area contributed by atoms with Crippen molar-refractivity contribution in [2.24, 2.45) is 10.8 Å². The maximum atomic E-state index is 11.5. The number of urea groups is 1. The summed E-state index contributed by atoms with van der Waals surface area (Å²) in [5.41, 5.74) is 6.83. The molecule has 1 aromatic carbocycles. The number of hydrogen-bond donors (Lipinski definition) is 1. The van der Waals surface area contributed by atoms with Gasteiger partial charge < -0.3 is 5.73 Å². The summed E-state index contributed by atoms with van der Waals surface area (Å²) in [6, 6.07) is 6.58. The number of rotatable bonds is 3. The maximum Gasteiger partial charge on any atom is 0.445 e. The molecular weight excluding hydrogens is 230 g/mol. The van der Waals surface area contributed by atoms with E-state index in [9.17, 15) is 9.59 Å². The minimum atomic E-state index is -0.548. The third-order valence-electron chi connectivity index (χ3n) is 2.83. The molecule has 2 N–H and O–H groups in total. The van der Waals surface area contributed by atoms with Gasteiger partial charge in [0.05, 0.1) is 6.21 Å². The molecule has 0 bridgehead atoms. The van der Waals surface area contributed by atoms with Gasteiger partial charge in [0.15, 0.2) is 5.78 Å². The van der Waals surface area contributed by atoms with Crippen molar-refractivity contribution in [2.45, 2.75) is 13.5 Å². The van der Waals surface area contributed by atoms with Crippen molar-refractivity contribution in [3.05, 3.63) is 47.7 Å². The van der Waals surface area contributed by atoms with Crippen molar-refractivity contribution in [3.63, 3.8) is 0 Å². The highest BCUT2D eigenvalue weighted by molar-refractivity contribution is 5.94. The molecule has 1 unspecified atom stereocenters. The van der Waals surface area contributed by atoms with E-state index in [-0.39, 0.29) is 10.4 Å². The number of nitrogens with two attached hydrogens (primary N) is 1. The van der Waals surface area contributed by atoms with Crippen LogP contribution < -0.4 is 5.73 Å². The van der Waals surface area contributed by atoms with Crippen LogP contribution in [-0.4, -0.2) is 22.6 Å². The molecule has 0 saturated heterocycles. The van der Waals surface area contributed by atoms with Crippen LogP contribution in [0.5, 0.6) is 0 Å². The monoisotopic (exact) mass is 244 g/mol. The first kappa shape index (κ1) is 12.2. The Labute approximate surface area is 105 Å². The second kappa shape index (κ2) is 4.54. The molecule has 5 heteroatoms. The zero-order chi connectivity index (χ0) is 13.2. The quantitative estimate of drug-likeness (QED) is 0.650. The lowest BCUT2D eigenvalue weighted by Crippen LogP contribution is -2.45. The Morgan fingerprint density at radius 1 is 1.39 bits per heavy atom. The predicted octanol–water partition coefficient (Wildman–Crippen LogP) is 1.80. The SMILES string of the molecule is CC(=O)c1cccc(C[N+]2(C(N)=O)C=CC=N2)c1. The topological polar surface area (TPSA) is 72.5 Å². The smallest absolute Gasteiger partial charge is 0.316 e. The van der Waals surface area contributed by atoms with Gasteiger partial charge in [-0.3, -0.25) is 4.79 Å². The third-order valence-corrected chi connectivity index (χ3v) is 2.83. The Morgan fingerprint density at radius 3 is 2.72 bits per heavy atom. The number of nitrogens with zero attached hydrogens (tertiary/aromatic N) is 2. The Bertz CT molecular complexity index is 549. The van der Waals surface area contributed by atoms with Gasteiger partial charge in [-0.2, -0.15) is 0 Å². The molecule has 2 rings (SSSR count). The van der Waals surface area contributed by atoms with Crippen LogP contribution in [0.1, 0.15) is 22.8 Å². The van der Waals surface area contributed by atoms with Crippen molar-refractivity contribution in [1.29, 1.82) is 0 Å². The Balaban J connectivity index is 2.31. The van der Waals surface area contributed by atoms with Crippen molar-refractivity contribution in [1.82, 2.24) is 0 Å². The molecule has 0 aliphatic carbocycles. The molecule has 1 aliphatic rings. The summed E-state index contributed by atoms with van der Waals surface area (Å²) in [6.07, 6.45) is 4.85. The fraction of sp³-hybridized carbons (Fsp3) is 0.154. The molecule has 1 atom stereocenters. The summed E-state index contributed by atoms with van der Waals surface area (Å²) in [5.74, 6) is -0.0112. The zero-order valence-corrected chi connectivity index (χ0v) is 10.0. The number of amides is 2. The van der Waals surface area contributed by atoms with Gasteiger partial charge in [-0.05, 0) is 13.0 Å². The van der Waals surface area contributed by atoms with E-state index in [0.29, 0.717) is 12.1 Å². The molecule has 1 aromatic rings. The van der Waals surface area contributed by atoms with Gasteiger partial charge >= 0.3 is 6.03 Å². The van der Waals surface area contributed by atoms with Crippen LogP contribution >= 0.6 is 0 Å². The first-order valence-corrected chi connectivity index (χ1v) is 5.54. The lowest BCUT2D eigenvalue weighted by atomic mass is 10.1. The minimum Gasteiger partial charge on any atom is -0.316 e. The number of carbonyl (C=O) groups is 2. The predicted molar refractivity (Wildman–Crippen MR) is 67.6 cm³/mol. The van der Waals surface area contributed by atoms with Crippen LogP contribution in [0.25, 0.3) is 0 Å². The molecule has 5 nitrogen and oxygen atoms in total. The number of hydrogen-bond acceptors (Lipinski definition) is 3. The highest BCUT2D eigenvalue weighted by Gasteiger charge is 2.35. The Kier molecular flexibility index (Phi) is 3.08. The maximum absolute atomic E-state index is 11.5. The van der Waals surface area contributed by atoms with E-state index in [1.165, 1.54) is 6.92 Å². The Hall–Kier alpha value is -2.27. The van der Waals surface area contributed by atoms with Crippen LogP contribution in [0, 0.1) is 0 Å². The largest absolute Gasteiger partial charge is 0.445 e.